The van der Waals surface area contributed by atoms with Gasteiger partial charge < -0.3 is 0 Å². The SMILES string of the molecule is Cc1cc(Br)cc(Cl)c1C(=O)CBr. The number of hydrogen-bond acceptors (Lipinski definition) is 1. The first-order chi connectivity index (χ1) is 6.06. The van der Waals surface area contributed by atoms with Gasteiger partial charge in [0.2, 0.25) is 0 Å². The first-order valence-electron chi connectivity index (χ1n) is 3.61. The zero-order chi connectivity index (χ0) is 10.0. The molecule has 0 amide bonds. The van der Waals surface area contributed by atoms with E-state index < -0.39 is 0 Å². The fourth-order valence-corrected chi connectivity index (χ4v) is 2.48. The second kappa shape index (κ2) is 4.58. The van der Waals surface area contributed by atoms with Gasteiger partial charge in [0.25, 0.3) is 0 Å². The third kappa shape index (κ3) is 2.55. The van der Waals surface area contributed by atoms with E-state index in [1.165, 1.54) is 0 Å². The maximum absolute atomic E-state index is 11.4. The van der Waals surface area contributed by atoms with Crippen LogP contribution in [-0.4, -0.2) is 11.1 Å². The standard InChI is InChI=1S/C9H7Br2ClO/c1-5-2-6(11)3-7(12)9(5)8(13)4-10/h2-3H,4H2,1H3. The highest BCUT2D eigenvalue weighted by atomic mass is 79.9. The van der Waals surface area contributed by atoms with E-state index in [1.54, 1.807) is 6.07 Å². The van der Waals surface area contributed by atoms with E-state index in [0.29, 0.717) is 15.9 Å². The van der Waals surface area contributed by atoms with E-state index in [-0.39, 0.29) is 5.78 Å². The average Bonchev–Trinajstić information content (AvgIpc) is 2.02. The van der Waals surface area contributed by atoms with Crippen LogP contribution in [0.1, 0.15) is 15.9 Å². The molecule has 4 heteroatoms. The molecule has 70 valence electrons. The van der Waals surface area contributed by atoms with Crippen LogP contribution in [-0.2, 0) is 0 Å². The Morgan fingerprint density at radius 2 is 2.15 bits per heavy atom. The number of benzene rings is 1. The van der Waals surface area contributed by atoms with Gasteiger partial charge in [-0.05, 0) is 24.6 Å². The summed E-state index contributed by atoms with van der Waals surface area (Å²) in [6, 6.07) is 3.60. The molecule has 0 saturated carbocycles. The number of carbonyl (C=O) groups is 1. The molecule has 0 bridgehead atoms. The topological polar surface area (TPSA) is 17.1 Å². The zero-order valence-corrected chi connectivity index (χ0v) is 10.8. The number of carbonyl (C=O) groups excluding carboxylic acids is 1. The predicted octanol–water partition coefficient (Wildman–Crippen LogP) is 3.99. The summed E-state index contributed by atoms with van der Waals surface area (Å²) >= 11 is 12.4. The number of aryl methyl sites for hydroxylation is 1. The highest BCUT2D eigenvalue weighted by Gasteiger charge is 2.12. The molecular weight excluding hydrogens is 319 g/mol. The van der Waals surface area contributed by atoms with E-state index in [4.69, 9.17) is 11.6 Å². The lowest BCUT2D eigenvalue weighted by molar-refractivity contribution is 0.102. The molecule has 0 aliphatic rings. The Labute approximate surface area is 98.7 Å². The van der Waals surface area contributed by atoms with Crippen molar-refractivity contribution in [3.05, 3.63) is 32.8 Å². The Bertz CT molecular complexity index is 326. The molecule has 1 nitrogen and oxygen atoms in total. The summed E-state index contributed by atoms with van der Waals surface area (Å²) < 4.78 is 0.890. The highest BCUT2D eigenvalue weighted by Crippen LogP contribution is 2.25. The Balaban J connectivity index is 3.28. The second-order valence-corrected chi connectivity index (χ2v) is 4.52. The molecule has 1 aromatic carbocycles. The van der Waals surface area contributed by atoms with E-state index in [1.807, 2.05) is 13.0 Å². The van der Waals surface area contributed by atoms with Crippen molar-refractivity contribution in [3.63, 3.8) is 0 Å². The number of rotatable bonds is 2. The van der Waals surface area contributed by atoms with Crippen LogP contribution in [0.25, 0.3) is 0 Å². The van der Waals surface area contributed by atoms with Crippen molar-refractivity contribution in [2.75, 3.05) is 5.33 Å². The Morgan fingerprint density at radius 3 is 2.62 bits per heavy atom. The fraction of sp³-hybridized carbons (Fsp3) is 0.222. The van der Waals surface area contributed by atoms with Gasteiger partial charge >= 0.3 is 0 Å². The molecule has 0 fully saturated rings. The lowest BCUT2D eigenvalue weighted by Gasteiger charge is -2.05. The van der Waals surface area contributed by atoms with Crippen molar-refractivity contribution in [1.29, 1.82) is 0 Å². The summed E-state index contributed by atoms with van der Waals surface area (Å²) in [5.74, 6) is 0.00926. The van der Waals surface area contributed by atoms with Crippen LogP contribution in [0.4, 0.5) is 0 Å². The van der Waals surface area contributed by atoms with Crippen LogP contribution >= 0.6 is 43.5 Å². The van der Waals surface area contributed by atoms with Crippen molar-refractivity contribution >= 4 is 49.2 Å². The maximum atomic E-state index is 11.4. The molecule has 0 atom stereocenters. The van der Waals surface area contributed by atoms with Gasteiger partial charge in [-0.15, -0.1) is 0 Å². The van der Waals surface area contributed by atoms with Crippen molar-refractivity contribution in [2.24, 2.45) is 0 Å². The zero-order valence-electron chi connectivity index (χ0n) is 6.90. The van der Waals surface area contributed by atoms with Crippen molar-refractivity contribution in [2.45, 2.75) is 6.92 Å². The number of hydrogen-bond donors (Lipinski definition) is 0. The first kappa shape index (κ1) is 11.2. The lowest BCUT2D eigenvalue weighted by Crippen LogP contribution is -2.03. The number of alkyl halides is 1. The van der Waals surface area contributed by atoms with Gasteiger partial charge in [-0.3, -0.25) is 4.79 Å². The minimum Gasteiger partial charge on any atom is -0.293 e. The van der Waals surface area contributed by atoms with E-state index in [2.05, 4.69) is 31.9 Å². The normalized spacial score (nSPS) is 10.2. The van der Waals surface area contributed by atoms with Crippen LogP contribution in [0.2, 0.25) is 5.02 Å². The molecular formula is C9H7Br2ClO. The highest BCUT2D eigenvalue weighted by molar-refractivity contribution is 9.10. The molecule has 0 radical (unpaired) electrons. The molecule has 0 N–H and O–H groups in total. The molecule has 0 spiro atoms. The maximum Gasteiger partial charge on any atom is 0.175 e. The Kier molecular flexibility index (Phi) is 3.95. The molecule has 0 aliphatic heterocycles. The van der Waals surface area contributed by atoms with Crippen LogP contribution < -0.4 is 0 Å². The second-order valence-electron chi connectivity index (χ2n) is 2.64. The summed E-state index contributed by atoms with van der Waals surface area (Å²) in [4.78, 5) is 11.4. The average molecular weight is 326 g/mol. The Morgan fingerprint density at radius 1 is 1.54 bits per heavy atom. The molecule has 0 aliphatic carbocycles. The van der Waals surface area contributed by atoms with Crippen LogP contribution in [0.15, 0.2) is 16.6 Å². The van der Waals surface area contributed by atoms with Gasteiger partial charge in [0, 0.05) is 10.0 Å². The molecule has 1 aromatic rings. The predicted molar refractivity (Wildman–Crippen MR) is 62.0 cm³/mol. The molecule has 13 heavy (non-hydrogen) atoms. The van der Waals surface area contributed by atoms with Gasteiger partial charge in [-0.1, -0.05) is 43.5 Å². The smallest absolute Gasteiger partial charge is 0.175 e. The number of Topliss-reactive ketones (excluding diaryl/α,β-unsaturated/α-hetero) is 1. The largest absolute Gasteiger partial charge is 0.293 e. The minimum absolute atomic E-state index is 0.00926. The third-order valence-corrected chi connectivity index (χ3v) is 2.92. The minimum atomic E-state index is 0.00926. The fourth-order valence-electron chi connectivity index (χ4n) is 1.12. The monoisotopic (exact) mass is 324 g/mol. The number of halogens is 3. The van der Waals surface area contributed by atoms with E-state index in [0.717, 1.165) is 10.0 Å². The summed E-state index contributed by atoms with van der Waals surface area (Å²) in [5, 5.41) is 0.797. The molecule has 0 aromatic heterocycles. The summed E-state index contributed by atoms with van der Waals surface area (Å²) in [6.45, 7) is 1.87. The molecule has 1 rings (SSSR count). The summed E-state index contributed by atoms with van der Waals surface area (Å²) in [6.07, 6.45) is 0. The first-order valence-corrected chi connectivity index (χ1v) is 5.90. The van der Waals surface area contributed by atoms with Crippen molar-refractivity contribution in [3.8, 4) is 0 Å². The quantitative estimate of drug-likeness (QED) is 0.593. The third-order valence-electron chi connectivity index (χ3n) is 1.65. The van der Waals surface area contributed by atoms with Crippen LogP contribution in [0, 0.1) is 6.92 Å². The van der Waals surface area contributed by atoms with Crippen molar-refractivity contribution < 1.29 is 4.79 Å². The molecule has 0 saturated heterocycles. The Hall–Kier alpha value is 0.140. The van der Waals surface area contributed by atoms with Gasteiger partial charge in [0.1, 0.15) is 0 Å². The van der Waals surface area contributed by atoms with Crippen molar-refractivity contribution in [1.82, 2.24) is 0 Å². The van der Waals surface area contributed by atoms with Gasteiger partial charge in [-0.25, -0.2) is 0 Å². The molecule has 0 unspecified atom stereocenters. The number of ketones is 1. The van der Waals surface area contributed by atoms with Gasteiger partial charge in [0.05, 0.1) is 10.4 Å². The summed E-state index contributed by atoms with van der Waals surface area (Å²) in [7, 11) is 0. The lowest BCUT2D eigenvalue weighted by atomic mass is 10.1. The summed E-state index contributed by atoms with van der Waals surface area (Å²) in [5.41, 5.74) is 1.49. The van der Waals surface area contributed by atoms with Gasteiger partial charge in [0.15, 0.2) is 5.78 Å². The van der Waals surface area contributed by atoms with E-state index >= 15 is 0 Å². The van der Waals surface area contributed by atoms with Crippen LogP contribution in [0.5, 0.6) is 0 Å². The van der Waals surface area contributed by atoms with Crippen LogP contribution in [0.3, 0.4) is 0 Å². The van der Waals surface area contributed by atoms with E-state index in [9.17, 15) is 4.79 Å². The van der Waals surface area contributed by atoms with Gasteiger partial charge in [-0.2, -0.15) is 0 Å². The molecule has 0 heterocycles.